The zero-order valence-corrected chi connectivity index (χ0v) is 12.4. The number of thioether (sulfide) groups is 1. The Morgan fingerprint density at radius 3 is 2.55 bits per heavy atom. The van der Waals surface area contributed by atoms with Gasteiger partial charge in [0.15, 0.2) is 0 Å². The summed E-state index contributed by atoms with van der Waals surface area (Å²) in [6.45, 7) is 2.09. The summed E-state index contributed by atoms with van der Waals surface area (Å²) in [5.41, 5.74) is 2.56. The lowest BCUT2D eigenvalue weighted by Crippen LogP contribution is -2.05. The van der Waals surface area contributed by atoms with Gasteiger partial charge in [-0.3, -0.25) is 4.79 Å². The molecule has 2 unspecified atom stereocenters. The highest BCUT2D eigenvalue weighted by Gasteiger charge is 2.43. The molecule has 1 saturated carbocycles. The fourth-order valence-electron chi connectivity index (χ4n) is 2.59. The number of rotatable bonds is 5. The number of Topliss-reactive ketones (excluding diaryl/α,β-unsaturated/α-hetero) is 1. The average Bonchev–Trinajstić information content (AvgIpc) is 3.28. The predicted octanol–water partition coefficient (Wildman–Crippen LogP) is 4.46. The molecule has 102 valence electrons. The average molecular weight is 282 g/mol. The van der Waals surface area contributed by atoms with E-state index in [0.717, 1.165) is 6.42 Å². The van der Waals surface area contributed by atoms with Crippen LogP contribution in [0.1, 0.15) is 23.5 Å². The van der Waals surface area contributed by atoms with E-state index in [1.807, 2.05) is 18.2 Å². The smallest absolute Gasteiger partial charge is 0.146 e. The van der Waals surface area contributed by atoms with Gasteiger partial charge in [-0.2, -0.15) is 0 Å². The Morgan fingerprint density at radius 1 is 1.10 bits per heavy atom. The van der Waals surface area contributed by atoms with Crippen LogP contribution < -0.4 is 0 Å². The minimum absolute atomic E-state index is 0.244. The molecule has 0 spiro atoms. The quantitative estimate of drug-likeness (QED) is 0.753. The van der Waals surface area contributed by atoms with E-state index >= 15 is 0 Å². The van der Waals surface area contributed by atoms with E-state index in [1.165, 1.54) is 16.0 Å². The molecule has 2 heteroatoms. The number of aryl methyl sites for hydroxylation is 1. The van der Waals surface area contributed by atoms with Crippen molar-refractivity contribution in [1.82, 2.24) is 0 Å². The van der Waals surface area contributed by atoms with Gasteiger partial charge in [-0.1, -0.05) is 48.5 Å². The summed E-state index contributed by atoms with van der Waals surface area (Å²) in [7, 11) is 0. The molecule has 0 saturated heterocycles. The van der Waals surface area contributed by atoms with Crippen LogP contribution in [0.4, 0.5) is 0 Å². The summed E-state index contributed by atoms with van der Waals surface area (Å²) < 4.78 is 0. The van der Waals surface area contributed by atoms with Crippen molar-refractivity contribution in [2.24, 2.45) is 5.92 Å². The molecule has 0 amide bonds. The van der Waals surface area contributed by atoms with Crippen LogP contribution in [0, 0.1) is 12.8 Å². The third kappa shape index (κ3) is 2.96. The highest BCUT2D eigenvalue weighted by molar-refractivity contribution is 8.00. The van der Waals surface area contributed by atoms with Crippen molar-refractivity contribution < 1.29 is 4.79 Å². The second-order valence-electron chi connectivity index (χ2n) is 5.38. The minimum Gasteiger partial charge on any atom is -0.298 e. The molecule has 2 aromatic rings. The Morgan fingerprint density at radius 2 is 1.80 bits per heavy atom. The summed E-state index contributed by atoms with van der Waals surface area (Å²) in [5.74, 6) is 1.70. The molecule has 20 heavy (non-hydrogen) atoms. The highest BCUT2D eigenvalue weighted by atomic mass is 32.2. The molecular formula is C18H18OS. The second-order valence-corrected chi connectivity index (χ2v) is 6.40. The first-order valence-corrected chi connectivity index (χ1v) is 8.00. The van der Waals surface area contributed by atoms with E-state index < -0.39 is 0 Å². The number of hydrogen-bond donors (Lipinski definition) is 0. The molecule has 1 fully saturated rings. The van der Waals surface area contributed by atoms with E-state index in [-0.39, 0.29) is 5.92 Å². The first-order valence-electron chi connectivity index (χ1n) is 7.02. The van der Waals surface area contributed by atoms with Gasteiger partial charge >= 0.3 is 0 Å². The zero-order valence-electron chi connectivity index (χ0n) is 11.6. The molecule has 0 aromatic heterocycles. The summed E-state index contributed by atoms with van der Waals surface area (Å²) in [5, 5.41) is 0. The van der Waals surface area contributed by atoms with E-state index in [4.69, 9.17) is 0 Å². The van der Waals surface area contributed by atoms with Crippen molar-refractivity contribution in [3.63, 3.8) is 0 Å². The number of benzene rings is 2. The maximum Gasteiger partial charge on any atom is 0.146 e. The maximum absolute atomic E-state index is 12.3. The molecular weight excluding hydrogens is 264 g/mol. The zero-order chi connectivity index (χ0) is 13.9. The Hall–Kier alpha value is -1.54. The fraction of sp³-hybridized carbons (Fsp3) is 0.278. The molecule has 0 heterocycles. The summed E-state index contributed by atoms with van der Waals surface area (Å²) in [6, 6.07) is 18.6. The first-order chi connectivity index (χ1) is 9.75. The first kappa shape index (κ1) is 13.4. The van der Waals surface area contributed by atoms with Crippen molar-refractivity contribution in [1.29, 1.82) is 0 Å². The van der Waals surface area contributed by atoms with Gasteiger partial charge in [0, 0.05) is 10.8 Å². The van der Waals surface area contributed by atoms with Gasteiger partial charge in [0.2, 0.25) is 0 Å². The van der Waals surface area contributed by atoms with Gasteiger partial charge in [-0.15, -0.1) is 11.8 Å². The molecule has 0 N–H and O–H groups in total. The summed E-state index contributed by atoms with van der Waals surface area (Å²) in [6.07, 6.45) is 1.02. The molecule has 3 rings (SSSR count). The molecule has 0 bridgehead atoms. The van der Waals surface area contributed by atoms with Crippen LogP contribution in [0.15, 0.2) is 59.5 Å². The number of ketones is 1. The van der Waals surface area contributed by atoms with Crippen LogP contribution in [0.25, 0.3) is 0 Å². The van der Waals surface area contributed by atoms with Gasteiger partial charge in [0.25, 0.3) is 0 Å². The van der Waals surface area contributed by atoms with Crippen LogP contribution in [0.2, 0.25) is 0 Å². The molecule has 0 aliphatic heterocycles. The van der Waals surface area contributed by atoms with Gasteiger partial charge in [0.05, 0.1) is 5.75 Å². The van der Waals surface area contributed by atoms with Crippen LogP contribution in [0.3, 0.4) is 0 Å². The lowest BCUT2D eigenvalue weighted by Gasteiger charge is -2.04. The van der Waals surface area contributed by atoms with E-state index in [2.05, 4.69) is 43.3 Å². The maximum atomic E-state index is 12.3. The Bertz CT molecular complexity index is 606. The van der Waals surface area contributed by atoms with Gasteiger partial charge in [-0.05, 0) is 36.5 Å². The number of carbonyl (C=O) groups is 1. The van der Waals surface area contributed by atoms with E-state index in [0.29, 0.717) is 17.5 Å². The Balaban J connectivity index is 1.56. The molecule has 1 aliphatic rings. The minimum atomic E-state index is 0.244. The van der Waals surface area contributed by atoms with E-state index in [9.17, 15) is 4.79 Å². The number of hydrogen-bond acceptors (Lipinski definition) is 2. The van der Waals surface area contributed by atoms with Gasteiger partial charge in [0.1, 0.15) is 5.78 Å². The lowest BCUT2D eigenvalue weighted by atomic mass is 10.1. The van der Waals surface area contributed by atoms with Crippen molar-refractivity contribution >= 4 is 17.5 Å². The van der Waals surface area contributed by atoms with Crippen LogP contribution >= 0.6 is 11.8 Å². The second kappa shape index (κ2) is 5.84. The van der Waals surface area contributed by atoms with Crippen molar-refractivity contribution in [3.05, 3.63) is 65.7 Å². The Kier molecular flexibility index (Phi) is 3.93. The van der Waals surface area contributed by atoms with Crippen LogP contribution in [-0.4, -0.2) is 11.5 Å². The molecule has 0 radical (unpaired) electrons. The van der Waals surface area contributed by atoms with Crippen molar-refractivity contribution in [2.75, 3.05) is 5.75 Å². The van der Waals surface area contributed by atoms with Gasteiger partial charge in [-0.25, -0.2) is 0 Å². The summed E-state index contributed by atoms with van der Waals surface area (Å²) in [4.78, 5) is 13.5. The summed E-state index contributed by atoms with van der Waals surface area (Å²) >= 11 is 1.67. The SMILES string of the molecule is Cc1ccccc1SCC(=O)C1CC1c1ccccc1. The molecule has 2 atom stereocenters. The lowest BCUT2D eigenvalue weighted by molar-refractivity contribution is -0.117. The third-order valence-electron chi connectivity index (χ3n) is 3.90. The standard InChI is InChI=1S/C18H18OS/c1-13-7-5-6-10-18(13)20-12-17(19)16-11-15(16)14-8-3-2-4-9-14/h2-10,15-16H,11-12H2,1H3. The third-order valence-corrected chi connectivity index (χ3v) is 5.09. The fourth-order valence-corrected chi connectivity index (χ4v) is 3.58. The Labute approximate surface area is 124 Å². The molecule has 2 aromatic carbocycles. The van der Waals surface area contributed by atoms with Crippen molar-refractivity contribution in [2.45, 2.75) is 24.2 Å². The van der Waals surface area contributed by atoms with Crippen LogP contribution in [-0.2, 0) is 4.79 Å². The van der Waals surface area contributed by atoms with Crippen LogP contribution in [0.5, 0.6) is 0 Å². The molecule has 1 aliphatic carbocycles. The normalized spacial score (nSPS) is 20.6. The monoisotopic (exact) mass is 282 g/mol. The molecule has 1 nitrogen and oxygen atoms in total. The van der Waals surface area contributed by atoms with Gasteiger partial charge < -0.3 is 0 Å². The highest BCUT2D eigenvalue weighted by Crippen LogP contribution is 2.48. The van der Waals surface area contributed by atoms with Crippen molar-refractivity contribution in [3.8, 4) is 0 Å². The van der Waals surface area contributed by atoms with E-state index in [1.54, 1.807) is 11.8 Å². The number of carbonyl (C=O) groups excluding carboxylic acids is 1. The predicted molar refractivity (Wildman–Crippen MR) is 84.2 cm³/mol. The topological polar surface area (TPSA) is 17.1 Å². The largest absolute Gasteiger partial charge is 0.298 e.